The van der Waals surface area contributed by atoms with Crippen LogP contribution in [0.15, 0.2) is 97.0 Å². The topological polar surface area (TPSA) is 54.0 Å². The van der Waals surface area contributed by atoms with Crippen molar-refractivity contribution < 1.29 is 4.79 Å². The maximum Gasteiger partial charge on any atom is 0.251 e. The number of hydrogen-bond donors (Lipinski definition) is 2. The summed E-state index contributed by atoms with van der Waals surface area (Å²) in [6.45, 7) is 2.74. The van der Waals surface area contributed by atoms with Crippen LogP contribution < -0.4 is 10.6 Å². The number of fused-ring (bicyclic) bond motifs is 1. The number of nitrogens with zero attached hydrogens (tertiary/aromatic N) is 1. The molecule has 2 N–H and O–H groups in total. The Morgan fingerprint density at radius 1 is 1.09 bits per heavy atom. The molecule has 3 aromatic rings. The molecule has 0 fully saturated rings. The van der Waals surface area contributed by atoms with E-state index in [2.05, 4.69) is 77.2 Å². The SMILES string of the molecule is C/C(=C\C=C(\Cc1ccc(-c2cccnc2)cc1)C1CC=CN1)c1ccc2c(c1)CNC2=O. The van der Waals surface area contributed by atoms with E-state index in [0.717, 1.165) is 35.1 Å². The maximum atomic E-state index is 11.8. The van der Waals surface area contributed by atoms with Gasteiger partial charge in [-0.3, -0.25) is 9.78 Å². The van der Waals surface area contributed by atoms with E-state index in [0.29, 0.717) is 12.6 Å². The van der Waals surface area contributed by atoms with Gasteiger partial charge in [-0.1, -0.05) is 54.6 Å². The lowest BCUT2D eigenvalue weighted by Gasteiger charge is -2.16. The Kier molecular flexibility index (Phi) is 5.90. The summed E-state index contributed by atoms with van der Waals surface area (Å²) in [6.07, 6.45) is 14.3. The van der Waals surface area contributed by atoms with Gasteiger partial charge in [-0.2, -0.15) is 0 Å². The van der Waals surface area contributed by atoms with Gasteiger partial charge in [-0.25, -0.2) is 0 Å². The second kappa shape index (κ2) is 9.29. The van der Waals surface area contributed by atoms with Crippen molar-refractivity contribution in [3.63, 3.8) is 0 Å². The lowest BCUT2D eigenvalue weighted by molar-refractivity contribution is 0.0965. The Morgan fingerprint density at radius 2 is 1.97 bits per heavy atom. The van der Waals surface area contributed by atoms with Crippen LogP contribution in [0.25, 0.3) is 16.7 Å². The van der Waals surface area contributed by atoms with Gasteiger partial charge in [0.15, 0.2) is 0 Å². The first kappa shape index (κ1) is 21.0. The largest absolute Gasteiger partial charge is 0.384 e. The van der Waals surface area contributed by atoms with E-state index in [4.69, 9.17) is 0 Å². The standard InChI is InChI=1S/C29H27N3O/c1-20(23-12-13-27-26(17-23)19-32-29(27)33)6-9-24(28-5-3-15-31-28)16-21-7-10-22(11-8-21)25-4-2-14-30-18-25/h2-4,6-15,17-18,28,31H,5,16,19H2,1H3,(H,32,33)/b20-6+,24-9-. The number of carbonyl (C=O) groups is 1. The van der Waals surface area contributed by atoms with Crippen LogP contribution in [0.2, 0.25) is 0 Å². The van der Waals surface area contributed by atoms with Crippen molar-refractivity contribution in [2.75, 3.05) is 0 Å². The van der Waals surface area contributed by atoms with Crippen molar-refractivity contribution in [2.45, 2.75) is 32.4 Å². The molecular weight excluding hydrogens is 406 g/mol. The van der Waals surface area contributed by atoms with Gasteiger partial charge in [0, 0.05) is 24.5 Å². The third-order valence-corrected chi connectivity index (χ3v) is 6.38. The van der Waals surface area contributed by atoms with Gasteiger partial charge in [0.25, 0.3) is 5.91 Å². The monoisotopic (exact) mass is 433 g/mol. The predicted octanol–water partition coefficient (Wildman–Crippen LogP) is 5.44. The highest BCUT2D eigenvalue weighted by Crippen LogP contribution is 2.25. The van der Waals surface area contributed by atoms with Crippen LogP contribution >= 0.6 is 0 Å². The zero-order valence-electron chi connectivity index (χ0n) is 18.7. The molecule has 164 valence electrons. The van der Waals surface area contributed by atoms with Crippen molar-refractivity contribution >= 4 is 11.5 Å². The summed E-state index contributed by atoms with van der Waals surface area (Å²) in [5, 5.41) is 6.38. The fraction of sp³-hybridized carbons (Fsp3) is 0.172. The highest BCUT2D eigenvalue weighted by Gasteiger charge is 2.19. The second-order valence-electron chi connectivity index (χ2n) is 8.62. The number of nitrogens with one attached hydrogen (secondary N) is 2. The average molecular weight is 434 g/mol. The molecule has 0 bridgehead atoms. The Bertz CT molecular complexity index is 1250. The molecule has 1 aromatic heterocycles. The zero-order chi connectivity index (χ0) is 22.6. The van der Waals surface area contributed by atoms with E-state index >= 15 is 0 Å². The molecule has 0 radical (unpaired) electrons. The molecule has 3 heterocycles. The molecule has 0 saturated carbocycles. The van der Waals surface area contributed by atoms with Crippen LogP contribution in [-0.2, 0) is 13.0 Å². The number of carbonyl (C=O) groups excluding carboxylic acids is 1. The molecule has 4 nitrogen and oxygen atoms in total. The van der Waals surface area contributed by atoms with Crippen molar-refractivity contribution in [3.8, 4) is 11.1 Å². The third-order valence-electron chi connectivity index (χ3n) is 6.38. The Labute approximate surface area is 194 Å². The van der Waals surface area contributed by atoms with Gasteiger partial charge in [-0.15, -0.1) is 0 Å². The quantitative estimate of drug-likeness (QED) is 0.509. The normalized spacial score (nSPS) is 17.6. The highest BCUT2D eigenvalue weighted by atomic mass is 16.1. The summed E-state index contributed by atoms with van der Waals surface area (Å²) in [7, 11) is 0. The van der Waals surface area contributed by atoms with Crippen molar-refractivity contribution in [3.05, 3.63) is 119 Å². The Balaban J connectivity index is 1.37. The number of allylic oxidation sites excluding steroid dienone is 3. The number of benzene rings is 2. The van der Waals surface area contributed by atoms with Crippen molar-refractivity contribution in [2.24, 2.45) is 0 Å². The molecule has 1 unspecified atom stereocenters. The van der Waals surface area contributed by atoms with E-state index in [1.807, 2.05) is 30.6 Å². The highest BCUT2D eigenvalue weighted by molar-refractivity contribution is 5.98. The molecule has 2 aromatic carbocycles. The Hall–Kier alpha value is -3.92. The summed E-state index contributed by atoms with van der Waals surface area (Å²) in [4.78, 5) is 16.1. The summed E-state index contributed by atoms with van der Waals surface area (Å²) in [5.41, 5.74) is 9.15. The van der Waals surface area contributed by atoms with Crippen LogP contribution in [0.5, 0.6) is 0 Å². The molecule has 0 saturated heterocycles. The van der Waals surface area contributed by atoms with Crippen LogP contribution in [-0.4, -0.2) is 16.9 Å². The van der Waals surface area contributed by atoms with Crippen LogP contribution in [0.1, 0.15) is 40.4 Å². The lowest BCUT2D eigenvalue weighted by atomic mass is 9.94. The molecule has 4 heteroatoms. The number of hydrogen-bond acceptors (Lipinski definition) is 3. The van der Waals surface area contributed by atoms with E-state index in [1.54, 1.807) is 6.20 Å². The summed E-state index contributed by atoms with van der Waals surface area (Å²) in [5.74, 6) is 0.0229. The number of aromatic nitrogens is 1. The minimum absolute atomic E-state index is 0.0229. The molecule has 0 spiro atoms. The van der Waals surface area contributed by atoms with Gasteiger partial charge >= 0.3 is 0 Å². The van der Waals surface area contributed by atoms with E-state index < -0.39 is 0 Å². The van der Waals surface area contributed by atoms with Gasteiger partial charge in [0.1, 0.15) is 0 Å². The van der Waals surface area contributed by atoms with Gasteiger partial charge in [-0.05, 0) is 83.1 Å². The number of pyridine rings is 1. The molecule has 2 aliphatic rings. The molecule has 2 aliphatic heterocycles. The first-order valence-electron chi connectivity index (χ1n) is 11.4. The van der Waals surface area contributed by atoms with E-state index in [1.165, 1.54) is 22.3 Å². The van der Waals surface area contributed by atoms with E-state index in [9.17, 15) is 4.79 Å². The third kappa shape index (κ3) is 4.65. The summed E-state index contributed by atoms with van der Waals surface area (Å²) >= 11 is 0. The average Bonchev–Trinajstić information content (AvgIpc) is 3.53. The molecule has 5 rings (SSSR count). The van der Waals surface area contributed by atoms with Crippen molar-refractivity contribution in [1.82, 2.24) is 15.6 Å². The Morgan fingerprint density at radius 3 is 2.73 bits per heavy atom. The molecule has 1 amide bonds. The van der Waals surface area contributed by atoms with Crippen molar-refractivity contribution in [1.29, 1.82) is 0 Å². The van der Waals surface area contributed by atoms with Crippen LogP contribution in [0.4, 0.5) is 0 Å². The fourth-order valence-corrected chi connectivity index (χ4v) is 4.40. The first-order valence-corrected chi connectivity index (χ1v) is 11.4. The lowest BCUT2D eigenvalue weighted by Crippen LogP contribution is -2.22. The molecule has 33 heavy (non-hydrogen) atoms. The van der Waals surface area contributed by atoms with Gasteiger partial charge in [0.05, 0.1) is 6.04 Å². The smallest absolute Gasteiger partial charge is 0.251 e. The van der Waals surface area contributed by atoms with Gasteiger partial charge < -0.3 is 10.6 Å². The molecule has 0 aliphatic carbocycles. The summed E-state index contributed by atoms with van der Waals surface area (Å²) in [6, 6.07) is 19.2. The van der Waals surface area contributed by atoms with Crippen LogP contribution in [0, 0.1) is 0 Å². The fourth-order valence-electron chi connectivity index (χ4n) is 4.40. The zero-order valence-corrected chi connectivity index (χ0v) is 18.7. The second-order valence-corrected chi connectivity index (χ2v) is 8.62. The molecule has 1 atom stereocenters. The first-order chi connectivity index (χ1) is 16.2. The van der Waals surface area contributed by atoms with Crippen LogP contribution in [0.3, 0.4) is 0 Å². The maximum absolute atomic E-state index is 11.8. The van der Waals surface area contributed by atoms with E-state index in [-0.39, 0.29) is 5.91 Å². The molecular formula is C29H27N3O. The number of rotatable bonds is 6. The minimum Gasteiger partial charge on any atom is -0.384 e. The van der Waals surface area contributed by atoms with Gasteiger partial charge in [0.2, 0.25) is 0 Å². The number of amides is 1. The summed E-state index contributed by atoms with van der Waals surface area (Å²) < 4.78 is 0. The predicted molar refractivity (Wildman–Crippen MR) is 133 cm³/mol. The minimum atomic E-state index is 0.0229.